The van der Waals surface area contributed by atoms with E-state index < -0.39 is 0 Å². The number of anilines is 1. The number of nitriles is 1. The fourth-order valence-electron chi connectivity index (χ4n) is 2.98. The highest BCUT2D eigenvalue weighted by Crippen LogP contribution is 2.24. The molecule has 0 bridgehead atoms. The van der Waals surface area contributed by atoms with Crippen molar-refractivity contribution in [2.75, 3.05) is 5.32 Å². The van der Waals surface area contributed by atoms with E-state index in [-0.39, 0.29) is 11.5 Å². The zero-order chi connectivity index (χ0) is 19.7. The second kappa shape index (κ2) is 7.40. The summed E-state index contributed by atoms with van der Waals surface area (Å²) in [6.07, 6.45) is 1.43. The third-order valence-electron chi connectivity index (χ3n) is 4.37. The van der Waals surface area contributed by atoms with Gasteiger partial charge in [-0.05, 0) is 59.3 Å². The minimum Gasteiger partial charge on any atom is -0.305 e. The van der Waals surface area contributed by atoms with Gasteiger partial charge < -0.3 is 5.32 Å². The van der Waals surface area contributed by atoms with E-state index in [1.165, 1.54) is 10.9 Å². The molecule has 1 amide bonds. The Morgan fingerprint density at radius 2 is 1.93 bits per heavy atom. The molecule has 0 radical (unpaired) electrons. The Morgan fingerprint density at radius 3 is 2.71 bits per heavy atom. The van der Waals surface area contributed by atoms with Gasteiger partial charge in [-0.15, -0.1) is 0 Å². The first-order valence-corrected chi connectivity index (χ1v) is 9.57. The number of benzene rings is 2. The number of carbonyl (C=O) groups excluding carboxylic acids is 1. The number of nitrogens with zero attached hydrogens (tertiary/aromatic N) is 4. The number of hydrogen-bond acceptors (Lipinski definition) is 4. The maximum absolute atomic E-state index is 12.8. The number of pyridine rings is 1. The molecule has 0 fully saturated rings. The molecular formula is C21H14IN5O. The summed E-state index contributed by atoms with van der Waals surface area (Å²) >= 11 is 2.11. The normalized spacial score (nSPS) is 10.6. The molecule has 0 saturated heterocycles. The molecular weight excluding hydrogens is 465 g/mol. The predicted octanol–water partition coefficient (Wildman–Crippen LogP) is 4.46. The molecule has 0 atom stereocenters. The summed E-state index contributed by atoms with van der Waals surface area (Å²) in [6.45, 7) is 1.99. The Balaban J connectivity index is 1.80. The van der Waals surface area contributed by atoms with Crippen LogP contribution < -0.4 is 5.32 Å². The van der Waals surface area contributed by atoms with E-state index in [9.17, 15) is 10.1 Å². The molecule has 6 nitrogen and oxygen atoms in total. The van der Waals surface area contributed by atoms with Crippen molar-refractivity contribution in [1.82, 2.24) is 14.8 Å². The number of halogens is 1. The number of amides is 1. The van der Waals surface area contributed by atoms with E-state index in [1.807, 2.05) is 49.4 Å². The van der Waals surface area contributed by atoms with Crippen LogP contribution in [-0.2, 0) is 0 Å². The summed E-state index contributed by atoms with van der Waals surface area (Å²) in [5.41, 5.74) is 2.65. The molecule has 0 aliphatic carbocycles. The zero-order valence-electron chi connectivity index (χ0n) is 14.8. The van der Waals surface area contributed by atoms with Crippen LogP contribution in [0.5, 0.6) is 0 Å². The number of aryl methyl sites for hydroxylation is 1. The monoisotopic (exact) mass is 479 g/mol. The predicted molar refractivity (Wildman–Crippen MR) is 115 cm³/mol. The first kappa shape index (κ1) is 18.1. The molecule has 28 heavy (non-hydrogen) atoms. The van der Waals surface area contributed by atoms with Crippen molar-refractivity contribution in [3.63, 3.8) is 0 Å². The third kappa shape index (κ3) is 3.23. The summed E-state index contributed by atoms with van der Waals surface area (Å²) in [4.78, 5) is 17.4. The number of nitrogens with one attached hydrogen (secondary N) is 1. The third-order valence-corrected chi connectivity index (χ3v) is 5.31. The molecule has 0 aliphatic rings. The average Bonchev–Trinajstić information content (AvgIpc) is 3.10. The van der Waals surface area contributed by atoms with Crippen molar-refractivity contribution in [1.29, 1.82) is 5.26 Å². The summed E-state index contributed by atoms with van der Waals surface area (Å²) in [6, 6.07) is 19.0. The van der Waals surface area contributed by atoms with Gasteiger partial charge in [0.1, 0.15) is 11.6 Å². The van der Waals surface area contributed by atoms with Crippen LogP contribution >= 0.6 is 22.6 Å². The molecule has 136 valence electrons. The second-order valence-corrected chi connectivity index (χ2v) is 7.34. The van der Waals surface area contributed by atoms with Gasteiger partial charge in [-0.1, -0.05) is 30.3 Å². The SMILES string of the molecule is Cc1cc(-n2ncc(C#N)c2NC(=O)c2ccccc2I)nc2ccccc12. The molecule has 2 heterocycles. The number of rotatable bonds is 3. The number of carbonyl (C=O) groups is 1. The van der Waals surface area contributed by atoms with Crippen molar-refractivity contribution in [3.8, 4) is 11.9 Å². The molecule has 0 saturated carbocycles. The van der Waals surface area contributed by atoms with Gasteiger partial charge in [0.15, 0.2) is 11.6 Å². The van der Waals surface area contributed by atoms with Crippen LogP contribution in [0, 0.1) is 21.8 Å². The van der Waals surface area contributed by atoms with Crippen LogP contribution in [0.2, 0.25) is 0 Å². The van der Waals surface area contributed by atoms with Gasteiger partial charge >= 0.3 is 0 Å². The van der Waals surface area contributed by atoms with E-state index in [0.717, 1.165) is 20.0 Å². The largest absolute Gasteiger partial charge is 0.305 e. The topological polar surface area (TPSA) is 83.6 Å². The van der Waals surface area contributed by atoms with E-state index in [2.05, 4.69) is 44.1 Å². The van der Waals surface area contributed by atoms with Gasteiger partial charge in [-0.25, -0.2) is 4.98 Å². The standard InChI is InChI=1S/C21H14IN5O/c1-13-10-19(25-18-9-5-3-6-15(13)18)27-20(14(11-23)12-24-27)26-21(28)16-7-2-4-8-17(16)22/h2-10,12H,1H3,(H,26,28). The van der Waals surface area contributed by atoms with Crippen LogP contribution in [0.3, 0.4) is 0 Å². The summed E-state index contributed by atoms with van der Waals surface area (Å²) in [5.74, 6) is 0.533. The lowest BCUT2D eigenvalue weighted by Crippen LogP contribution is -2.17. The van der Waals surface area contributed by atoms with E-state index in [0.29, 0.717) is 17.2 Å². The van der Waals surface area contributed by atoms with E-state index in [4.69, 9.17) is 0 Å². The van der Waals surface area contributed by atoms with Gasteiger partial charge in [0, 0.05) is 8.96 Å². The van der Waals surface area contributed by atoms with Crippen LogP contribution in [0.15, 0.2) is 60.8 Å². The van der Waals surface area contributed by atoms with Gasteiger partial charge in [0.25, 0.3) is 5.91 Å². The van der Waals surface area contributed by atoms with Crippen molar-refractivity contribution in [2.24, 2.45) is 0 Å². The molecule has 0 unspecified atom stereocenters. The lowest BCUT2D eigenvalue weighted by Gasteiger charge is -2.11. The van der Waals surface area contributed by atoms with Crippen LogP contribution in [0.4, 0.5) is 5.82 Å². The Bertz CT molecular complexity index is 1260. The smallest absolute Gasteiger partial charge is 0.257 e. The summed E-state index contributed by atoms with van der Waals surface area (Å²) in [5, 5.41) is 17.6. The Labute approximate surface area is 175 Å². The van der Waals surface area contributed by atoms with Crippen molar-refractivity contribution in [2.45, 2.75) is 6.92 Å². The number of fused-ring (bicyclic) bond motifs is 1. The van der Waals surface area contributed by atoms with Crippen LogP contribution in [0.25, 0.3) is 16.7 Å². The molecule has 1 N–H and O–H groups in total. The maximum Gasteiger partial charge on any atom is 0.257 e. The van der Waals surface area contributed by atoms with Crippen molar-refractivity contribution in [3.05, 3.63) is 81.1 Å². The first-order chi connectivity index (χ1) is 13.6. The lowest BCUT2D eigenvalue weighted by atomic mass is 10.1. The molecule has 2 aromatic heterocycles. The highest BCUT2D eigenvalue weighted by molar-refractivity contribution is 14.1. The minimum absolute atomic E-state index is 0.270. The van der Waals surface area contributed by atoms with E-state index in [1.54, 1.807) is 12.1 Å². The highest BCUT2D eigenvalue weighted by atomic mass is 127. The Kier molecular flexibility index (Phi) is 4.79. The van der Waals surface area contributed by atoms with Crippen molar-refractivity contribution >= 4 is 45.2 Å². The second-order valence-electron chi connectivity index (χ2n) is 6.18. The molecule has 0 spiro atoms. The Hall–Kier alpha value is -3.25. The summed E-state index contributed by atoms with van der Waals surface area (Å²) in [7, 11) is 0. The fourth-order valence-corrected chi connectivity index (χ4v) is 3.62. The maximum atomic E-state index is 12.8. The van der Waals surface area contributed by atoms with E-state index >= 15 is 0 Å². The zero-order valence-corrected chi connectivity index (χ0v) is 17.0. The van der Waals surface area contributed by atoms with Crippen molar-refractivity contribution < 1.29 is 4.79 Å². The molecule has 2 aromatic carbocycles. The molecule has 0 aliphatic heterocycles. The van der Waals surface area contributed by atoms with Crippen LogP contribution in [0.1, 0.15) is 21.5 Å². The molecule has 4 aromatic rings. The van der Waals surface area contributed by atoms with Crippen LogP contribution in [-0.4, -0.2) is 20.7 Å². The first-order valence-electron chi connectivity index (χ1n) is 8.49. The van der Waals surface area contributed by atoms with Gasteiger partial charge in [0.05, 0.1) is 17.3 Å². The number of aromatic nitrogens is 3. The number of hydrogen-bond donors (Lipinski definition) is 1. The van der Waals surface area contributed by atoms with Gasteiger partial charge in [-0.2, -0.15) is 15.0 Å². The highest BCUT2D eigenvalue weighted by Gasteiger charge is 2.18. The molecule has 7 heteroatoms. The quantitative estimate of drug-likeness (QED) is 0.440. The van der Waals surface area contributed by atoms with Gasteiger partial charge in [-0.3, -0.25) is 4.79 Å². The summed E-state index contributed by atoms with van der Waals surface area (Å²) < 4.78 is 2.31. The molecule has 4 rings (SSSR count). The lowest BCUT2D eigenvalue weighted by molar-refractivity contribution is 0.102. The fraction of sp³-hybridized carbons (Fsp3) is 0.0476. The number of para-hydroxylation sites is 1. The van der Waals surface area contributed by atoms with Gasteiger partial charge in [0.2, 0.25) is 0 Å². The average molecular weight is 479 g/mol. The Morgan fingerprint density at radius 1 is 1.18 bits per heavy atom. The minimum atomic E-state index is -0.305.